The van der Waals surface area contributed by atoms with E-state index in [1.807, 2.05) is 90.5 Å². The highest BCUT2D eigenvalue weighted by Gasteiger charge is 2.47. The molecule has 16 rings (SSSR count). The van der Waals surface area contributed by atoms with Crippen molar-refractivity contribution in [1.29, 1.82) is 5.26 Å². The zero-order valence-corrected chi connectivity index (χ0v) is 83.0. The number of aliphatic hydroxyl groups is 1. The molecule has 0 spiro atoms. The zero-order chi connectivity index (χ0) is 104. The molecule has 2 aromatic carbocycles. The molecule has 4 fully saturated rings. The first kappa shape index (κ1) is 113. The molecule has 14 atom stereocenters. The average molecular weight is 2050 g/mol. The van der Waals surface area contributed by atoms with Crippen LogP contribution in [0, 0.1) is 29.7 Å². The Kier molecular flexibility index (Phi) is 42.3. The van der Waals surface area contributed by atoms with Gasteiger partial charge < -0.3 is 77.4 Å². The number of pyridine rings is 2. The van der Waals surface area contributed by atoms with Gasteiger partial charge in [-0.3, -0.25) is 87.3 Å². The van der Waals surface area contributed by atoms with Gasteiger partial charge in [0.05, 0.1) is 98.0 Å². The van der Waals surface area contributed by atoms with Crippen LogP contribution in [0.1, 0.15) is 188 Å². The lowest BCUT2D eigenvalue weighted by Crippen LogP contribution is -2.35. The van der Waals surface area contributed by atoms with E-state index in [0.29, 0.717) is 65.4 Å². The summed E-state index contributed by atoms with van der Waals surface area (Å²) in [6.07, 6.45) is 6.13. The number of hydrogen-bond donors (Lipinski definition) is 10. The lowest BCUT2D eigenvalue weighted by Gasteiger charge is -2.37. The molecule has 0 saturated carbocycles. The van der Waals surface area contributed by atoms with E-state index in [9.17, 15) is 58.4 Å². The van der Waals surface area contributed by atoms with Gasteiger partial charge in [-0.25, -0.2) is 60.2 Å². The molecular weight excluding hydrogens is 1930 g/mol. The van der Waals surface area contributed by atoms with Gasteiger partial charge in [-0.05, 0) is 122 Å². The molecule has 4 aliphatic rings. The van der Waals surface area contributed by atoms with Gasteiger partial charge in [-0.1, -0.05) is 97.5 Å². The number of carboxylic acid groups (broad SMARTS) is 2. The lowest BCUT2D eigenvalue weighted by molar-refractivity contribution is -0.306. The predicted molar refractivity (Wildman–Crippen MR) is 529 cm³/mol. The molecular formula is C95H121N23O25P2. The quantitative estimate of drug-likeness (QED) is 0.00456. The summed E-state index contributed by atoms with van der Waals surface area (Å²) >= 11 is 0. The first-order valence-corrected chi connectivity index (χ1v) is 48.8. The third-order valence-electron chi connectivity index (χ3n) is 21.7. The number of hydrogen-bond acceptors (Lipinski definition) is 35. The van der Waals surface area contributed by atoms with Crippen molar-refractivity contribution >= 4 is 120 Å². The third-order valence-corrected chi connectivity index (χ3v) is 25.4. The number of nitrogens with one attached hydrogen (secondary N) is 6. The number of ether oxygens (including phenoxy) is 6. The molecule has 14 heterocycles. The molecule has 0 aliphatic carbocycles. The first-order valence-electron chi connectivity index (χ1n) is 46.2. The molecule has 776 valence electrons. The highest BCUT2D eigenvalue weighted by atomic mass is 31.2. The largest absolute Gasteiger partial charge is 0.506 e. The van der Waals surface area contributed by atoms with Crippen molar-refractivity contribution in [2.75, 3.05) is 54.2 Å². The number of imidazole rings is 2. The van der Waals surface area contributed by atoms with E-state index in [-0.39, 0.29) is 135 Å². The smallest absolute Gasteiger partial charge is 0.450 e. The molecule has 145 heavy (non-hydrogen) atoms. The van der Waals surface area contributed by atoms with Crippen LogP contribution in [0.3, 0.4) is 0 Å². The van der Waals surface area contributed by atoms with Crippen molar-refractivity contribution in [2.24, 2.45) is 11.8 Å². The summed E-state index contributed by atoms with van der Waals surface area (Å²) in [5.74, 6) is -1.55. The van der Waals surface area contributed by atoms with Gasteiger partial charge in [0.15, 0.2) is 47.0 Å². The number of rotatable bonds is 33. The number of anilines is 4. The van der Waals surface area contributed by atoms with Crippen LogP contribution < -0.4 is 32.4 Å². The molecule has 12 aromatic rings. The van der Waals surface area contributed by atoms with Gasteiger partial charge in [-0.15, -0.1) is 0 Å². The number of carbonyl (C=O) groups is 6. The minimum atomic E-state index is -4.47. The van der Waals surface area contributed by atoms with E-state index >= 15 is 0 Å². The molecule has 10 N–H and O–H groups in total. The maximum Gasteiger partial charge on any atom is 0.506 e. The summed E-state index contributed by atoms with van der Waals surface area (Å²) in [6.45, 7) is 31.1. The fourth-order valence-electron chi connectivity index (χ4n) is 15.0. The van der Waals surface area contributed by atoms with Crippen molar-refractivity contribution in [1.82, 2.24) is 82.7 Å². The summed E-state index contributed by atoms with van der Waals surface area (Å²) in [5.41, 5.74) is 0.426. The van der Waals surface area contributed by atoms with Gasteiger partial charge in [-0.2, -0.15) is 15.2 Å². The van der Waals surface area contributed by atoms with Gasteiger partial charge in [0, 0.05) is 97.9 Å². The lowest BCUT2D eigenvalue weighted by atomic mass is 10.1. The number of benzene rings is 2. The molecule has 48 nitrogen and oxygen atoms in total. The highest BCUT2D eigenvalue weighted by Crippen LogP contribution is 2.55. The molecule has 10 aromatic heterocycles. The summed E-state index contributed by atoms with van der Waals surface area (Å²) in [5, 5.41) is 56.9. The van der Waals surface area contributed by atoms with E-state index in [0.717, 1.165) is 11.8 Å². The number of nitrogens with zero attached hydrogens (tertiary/aromatic N) is 17. The second kappa shape index (κ2) is 54.2. The second-order valence-electron chi connectivity index (χ2n) is 34.7. The molecule has 50 heteroatoms. The van der Waals surface area contributed by atoms with Crippen molar-refractivity contribution in [3.05, 3.63) is 215 Å². The van der Waals surface area contributed by atoms with Crippen molar-refractivity contribution in [2.45, 2.75) is 234 Å². The zero-order valence-electron chi connectivity index (χ0n) is 81.2. The number of carbonyl (C=O) groups excluding carboxylic acids is 4. The van der Waals surface area contributed by atoms with Crippen LogP contribution >= 0.6 is 16.3 Å². The van der Waals surface area contributed by atoms with Gasteiger partial charge in [0.2, 0.25) is 30.3 Å². The number of fused-ring (bicyclic) bond motifs is 4. The molecule has 4 aliphatic heterocycles. The minimum Gasteiger partial charge on any atom is -0.450 e. The van der Waals surface area contributed by atoms with Crippen LogP contribution in [0.4, 0.5) is 33.1 Å². The van der Waals surface area contributed by atoms with Crippen LogP contribution in [0.5, 0.6) is 0 Å². The number of aromatic nitrogens is 16. The Morgan fingerprint density at radius 1 is 0.586 bits per heavy atom. The van der Waals surface area contributed by atoms with Crippen LogP contribution in [-0.2, 0) is 70.1 Å². The summed E-state index contributed by atoms with van der Waals surface area (Å²) in [6, 6.07) is 35.2. The average Bonchev–Trinajstić information content (AvgIpc) is 1.63. The van der Waals surface area contributed by atoms with Crippen LogP contribution in [0.15, 0.2) is 181 Å². The van der Waals surface area contributed by atoms with Crippen molar-refractivity contribution in [3.8, 4) is 6.07 Å². The van der Waals surface area contributed by atoms with Crippen LogP contribution in [-0.4, -0.2) is 239 Å². The Morgan fingerprint density at radius 3 is 1.41 bits per heavy atom. The van der Waals surface area contributed by atoms with Crippen LogP contribution in [0.25, 0.3) is 49.2 Å². The Labute approximate surface area is 834 Å². The van der Waals surface area contributed by atoms with Crippen LogP contribution in [0.2, 0.25) is 0 Å². The van der Waals surface area contributed by atoms with E-state index in [1.54, 1.807) is 126 Å². The van der Waals surface area contributed by atoms with Gasteiger partial charge in [0.25, 0.3) is 31.5 Å². The van der Waals surface area contributed by atoms with E-state index in [2.05, 4.69) is 130 Å². The number of nitriles is 1. The third kappa shape index (κ3) is 31.4. The summed E-state index contributed by atoms with van der Waals surface area (Å²) < 4.78 is 87.8. The number of H-pyrrole nitrogens is 2. The van der Waals surface area contributed by atoms with E-state index in [4.69, 9.17) is 68.0 Å². The molecule has 0 radical (unpaired) electrons. The molecule has 4 saturated heterocycles. The fourth-order valence-corrected chi connectivity index (χ4v) is 18.2. The number of phosphoric ester groups is 1. The van der Waals surface area contributed by atoms with Gasteiger partial charge >= 0.3 is 20.1 Å². The van der Waals surface area contributed by atoms with Crippen molar-refractivity contribution in [3.63, 3.8) is 0 Å². The highest BCUT2D eigenvalue weighted by molar-refractivity contribution is 7.48. The predicted octanol–water partition coefficient (Wildman–Crippen LogP) is 15.1. The maximum absolute atomic E-state index is 14.3. The minimum absolute atomic E-state index is 0. The number of amides is 4. The Bertz CT molecular complexity index is 6390. The van der Waals surface area contributed by atoms with Gasteiger partial charge in [0.1, 0.15) is 54.6 Å². The number of phosphoric acid groups is 1. The number of aliphatic hydroxyl groups excluding tert-OH is 1. The van der Waals surface area contributed by atoms with Crippen molar-refractivity contribution < 1.29 is 110 Å². The SMILES string of the molecule is C.CC(C)(C)OO.CC(C)C(=O)Nc1nc2c(ncn2[C@@H]2O[C@H](CO)C[C@H]2OC(=O)O)c(=O)[nH]1.CC[C@H]1O[C@@H](n2ccc3c(NC(=O)c4ccccc4)ncnc32)C[C@@H]1OP(=O)(OCCC#N)OC[C@@H]1C[C@@H](OC(=O)O)[C@H](n2cnc3c(=O)[nH]c(NC(=O)C(C)C)nc32)O1.[C-]#[N+]CCOP(O[C@H]1C[C@H](n2ccc3c(NC(=O)c4ccccc4)ncnc32)O[C@@H]1CC)N(C(C)C)C(C)C.c1ccncc1.c1ccncc1. The summed E-state index contributed by atoms with van der Waals surface area (Å²) in [4.78, 5) is 152. The molecule has 4 amide bonds. The first-order chi connectivity index (χ1) is 69.0. The normalized spacial score (nSPS) is 20.0. The topological polar surface area (TPSA) is 605 Å². The number of aromatic amines is 2. The van der Waals surface area contributed by atoms with E-state index in [1.165, 1.54) is 34.4 Å². The van der Waals surface area contributed by atoms with E-state index < -0.39 is 119 Å². The fraction of sp³-hybridized carbons (Fsp3) is 0.453. The Balaban J connectivity index is 0.000000216. The standard InChI is InChI=1S/C37H41N10O12P.C28H37N6O4P.C15H19N5O7.2C5H5N.C4H10O2.CH4/c1-4-24-25(16-27(57-24)46-13-11-23-29(39-18-40-30(23)46)42-33(49)21-9-6-5-7-10-21)59-60(53,54-14-8-12-38)55-17-22-15-26(58-37(51)52)35(56-22)47-19-41-28-31(47)43-36(45-34(28)50)44-32(48)20(2)3;1-7-23-24(38-39(36-16-14-29-6)34(19(2)3)20(4)5)17-25(37-23)33-15-13-22-26(30-18-31-27(22)33)32-28(35)21-11-9-8-10-12-21;1-6(2)11(22)18-14-17-10-9(12(23)19-14)16-5-20(10)13-8(27-15(24)25)3-7(4-21)26-13;2*1-2-4-6-5-3-1;1-4(2,3)6-5;/h5-7,9-11,13,18-20,22,24-27,35H,4,8,14-17H2,1-3H3,(H,51,52)(H,39,40,42,49)(H2,43,44,45,48,50);8-13,15,18-20,23-25H,7,14,16-17H2,1-5H3,(H,30,31,32,35);5-8,13,21H,3-4H2,1-2H3,(H,24,25)(H2,17,18,19,22,23);2*1-5H;5H,1-3H3;1H4/t22-,24+,25-,26+,27+,35+,60?;23-,24+,25-,39?;7-,8+,13+;;;;/m010..../s1. The molecule has 2 unspecified atom stereocenters. The monoisotopic (exact) mass is 2050 g/mol. The maximum atomic E-state index is 14.3. The second-order valence-corrected chi connectivity index (χ2v) is 37.7. The summed E-state index contributed by atoms with van der Waals surface area (Å²) in [7, 11) is -5.85. The Hall–Kier alpha value is -13.8. The molecule has 0 bridgehead atoms. The Morgan fingerprint density at radius 2 is 1.02 bits per heavy atom.